The molecule has 4 aliphatic carbocycles. The Balaban J connectivity index is 1.76. The summed E-state index contributed by atoms with van der Waals surface area (Å²) in [4.78, 5) is 4.41. The van der Waals surface area contributed by atoms with Gasteiger partial charge in [-0.15, -0.1) is 0 Å². The van der Waals surface area contributed by atoms with Crippen LogP contribution in [0.5, 0.6) is 0 Å². The molecule has 4 bridgehead atoms. The van der Waals surface area contributed by atoms with Gasteiger partial charge in [0.2, 0.25) is 0 Å². The lowest BCUT2D eigenvalue weighted by Gasteiger charge is -2.56. The number of nitrogens with zero attached hydrogens (tertiary/aromatic N) is 1. The number of rotatable bonds is 1. The van der Waals surface area contributed by atoms with Gasteiger partial charge in [-0.1, -0.05) is 0 Å². The van der Waals surface area contributed by atoms with E-state index in [2.05, 4.69) is 4.98 Å². The van der Waals surface area contributed by atoms with Crippen LogP contribution in [0.25, 0.3) is 0 Å². The molecule has 1 heterocycles. The molecule has 0 saturated heterocycles. The van der Waals surface area contributed by atoms with Gasteiger partial charge in [-0.2, -0.15) is 4.98 Å². The predicted octanol–water partition coefficient (Wildman–Crippen LogP) is 2.72. The minimum atomic E-state index is 0.329. The van der Waals surface area contributed by atoms with Crippen LogP contribution in [0.4, 0.5) is 6.01 Å². The zero-order valence-corrected chi connectivity index (χ0v) is 9.48. The van der Waals surface area contributed by atoms with E-state index in [0.717, 1.165) is 23.4 Å². The summed E-state index contributed by atoms with van der Waals surface area (Å²) >= 11 is 0. The van der Waals surface area contributed by atoms with Crippen molar-refractivity contribution in [2.45, 2.75) is 43.9 Å². The Morgan fingerprint density at radius 3 is 2.12 bits per heavy atom. The maximum Gasteiger partial charge on any atom is 0.292 e. The highest BCUT2D eigenvalue weighted by Crippen LogP contribution is 2.60. The number of hydrogen-bond acceptors (Lipinski definition) is 3. The van der Waals surface area contributed by atoms with Gasteiger partial charge in [-0.05, 0) is 56.3 Å². The lowest BCUT2D eigenvalue weighted by Crippen LogP contribution is -2.48. The van der Waals surface area contributed by atoms with Crippen molar-refractivity contribution in [3.05, 3.63) is 12.0 Å². The van der Waals surface area contributed by atoms with Crippen molar-refractivity contribution in [2.24, 2.45) is 17.8 Å². The van der Waals surface area contributed by atoms with E-state index in [1.54, 1.807) is 0 Å². The Morgan fingerprint density at radius 2 is 1.69 bits per heavy atom. The summed E-state index contributed by atoms with van der Waals surface area (Å²) in [6.07, 6.45) is 10.2. The number of hydrogen-bond donors (Lipinski definition) is 1. The van der Waals surface area contributed by atoms with Crippen molar-refractivity contribution in [2.75, 3.05) is 5.73 Å². The molecular formula is C13H18N2O. The first-order valence-corrected chi connectivity index (χ1v) is 6.45. The molecule has 4 fully saturated rings. The first-order chi connectivity index (χ1) is 7.73. The number of aromatic nitrogens is 1. The van der Waals surface area contributed by atoms with Crippen LogP contribution in [-0.2, 0) is 5.41 Å². The molecule has 16 heavy (non-hydrogen) atoms. The molecule has 4 saturated carbocycles. The van der Waals surface area contributed by atoms with Gasteiger partial charge in [-0.25, -0.2) is 0 Å². The highest BCUT2D eigenvalue weighted by Gasteiger charge is 2.52. The van der Waals surface area contributed by atoms with Gasteiger partial charge in [0.05, 0.1) is 5.69 Å². The molecular weight excluding hydrogens is 200 g/mol. The van der Waals surface area contributed by atoms with Gasteiger partial charge in [0.25, 0.3) is 6.01 Å². The molecule has 1 aromatic heterocycles. The quantitative estimate of drug-likeness (QED) is 0.788. The number of nitrogens with two attached hydrogens (primary N) is 1. The van der Waals surface area contributed by atoms with Crippen LogP contribution >= 0.6 is 0 Å². The monoisotopic (exact) mass is 218 g/mol. The maximum atomic E-state index is 5.62. The first-order valence-electron chi connectivity index (χ1n) is 6.45. The Morgan fingerprint density at radius 1 is 1.12 bits per heavy atom. The largest absolute Gasteiger partial charge is 0.432 e. The smallest absolute Gasteiger partial charge is 0.292 e. The van der Waals surface area contributed by atoms with Gasteiger partial charge in [0, 0.05) is 5.41 Å². The van der Waals surface area contributed by atoms with Gasteiger partial charge in [0.15, 0.2) is 0 Å². The molecule has 0 aromatic carbocycles. The summed E-state index contributed by atoms with van der Waals surface area (Å²) in [5.41, 5.74) is 7.09. The van der Waals surface area contributed by atoms with E-state index in [0.29, 0.717) is 11.4 Å². The lowest BCUT2D eigenvalue weighted by atomic mass is 9.49. The standard InChI is InChI=1S/C13H18N2O/c14-12-15-11(7-16-12)13-4-8-1-9(5-13)3-10(2-8)6-13/h7-10H,1-6H2,(H2,14,15). The van der Waals surface area contributed by atoms with E-state index in [1.165, 1.54) is 38.5 Å². The summed E-state index contributed by atoms with van der Waals surface area (Å²) in [7, 11) is 0. The molecule has 0 aliphatic heterocycles. The molecule has 3 nitrogen and oxygen atoms in total. The average molecular weight is 218 g/mol. The van der Waals surface area contributed by atoms with Gasteiger partial charge in [-0.3, -0.25) is 0 Å². The summed E-state index contributed by atoms with van der Waals surface area (Å²) in [5, 5.41) is 0. The molecule has 0 atom stereocenters. The topological polar surface area (TPSA) is 52.0 Å². The van der Waals surface area contributed by atoms with Crippen molar-refractivity contribution < 1.29 is 4.42 Å². The van der Waals surface area contributed by atoms with E-state index in [9.17, 15) is 0 Å². The van der Waals surface area contributed by atoms with E-state index in [1.807, 2.05) is 6.26 Å². The Bertz CT molecular complexity index is 388. The zero-order valence-electron chi connectivity index (χ0n) is 9.48. The molecule has 1 aromatic rings. The summed E-state index contributed by atoms with van der Waals surface area (Å²) in [6.45, 7) is 0. The van der Waals surface area contributed by atoms with Crippen LogP contribution in [0.1, 0.15) is 44.2 Å². The van der Waals surface area contributed by atoms with Crippen LogP contribution in [0.15, 0.2) is 10.7 Å². The molecule has 0 spiro atoms. The van der Waals surface area contributed by atoms with Gasteiger partial charge < -0.3 is 10.2 Å². The third kappa shape index (κ3) is 1.12. The second-order valence-corrected chi connectivity index (χ2v) is 6.27. The van der Waals surface area contributed by atoms with Crippen molar-refractivity contribution in [1.29, 1.82) is 0 Å². The van der Waals surface area contributed by atoms with Gasteiger partial charge in [0.1, 0.15) is 6.26 Å². The lowest BCUT2D eigenvalue weighted by molar-refractivity contribution is -0.00721. The summed E-state index contributed by atoms with van der Waals surface area (Å²) < 4.78 is 5.22. The SMILES string of the molecule is Nc1nc(C23CC4CC(CC(C4)C2)C3)co1. The molecule has 86 valence electrons. The molecule has 2 N–H and O–H groups in total. The van der Waals surface area contributed by atoms with Crippen molar-refractivity contribution in [3.8, 4) is 0 Å². The fourth-order valence-corrected chi connectivity index (χ4v) is 4.96. The number of oxazole rings is 1. The van der Waals surface area contributed by atoms with Crippen molar-refractivity contribution >= 4 is 6.01 Å². The molecule has 0 radical (unpaired) electrons. The fraction of sp³-hybridized carbons (Fsp3) is 0.769. The van der Waals surface area contributed by atoms with E-state index in [-0.39, 0.29) is 0 Å². The number of nitrogen functional groups attached to an aromatic ring is 1. The van der Waals surface area contributed by atoms with E-state index >= 15 is 0 Å². The Labute approximate surface area is 95.4 Å². The molecule has 0 unspecified atom stereocenters. The van der Waals surface area contributed by atoms with E-state index < -0.39 is 0 Å². The van der Waals surface area contributed by atoms with Crippen LogP contribution in [0.3, 0.4) is 0 Å². The summed E-state index contributed by atoms with van der Waals surface area (Å²) in [6, 6.07) is 0.339. The van der Waals surface area contributed by atoms with Gasteiger partial charge >= 0.3 is 0 Å². The molecule has 0 amide bonds. The minimum Gasteiger partial charge on any atom is -0.432 e. The summed E-state index contributed by atoms with van der Waals surface area (Å²) in [5.74, 6) is 2.84. The molecule has 3 heteroatoms. The Hall–Kier alpha value is -0.990. The van der Waals surface area contributed by atoms with E-state index in [4.69, 9.17) is 10.2 Å². The normalized spacial score (nSPS) is 45.1. The van der Waals surface area contributed by atoms with Crippen molar-refractivity contribution in [3.63, 3.8) is 0 Å². The second kappa shape index (κ2) is 2.82. The highest BCUT2D eigenvalue weighted by atomic mass is 16.4. The number of anilines is 1. The highest BCUT2D eigenvalue weighted by molar-refractivity contribution is 5.24. The average Bonchev–Trinajstić information content (AvgIpc) is 2.63. The minimum absolute atomic E-state index is 0.329. The maximum absolute atomic E-state index is 5.62. The third-order valence-corrected chi connectivity index (χ3v) is 5.10. The zero-order chi connectivity index (χ0) is 10.8. The van der Waals surface area contributed by atoms with Crippen LogP contribution < -0.4 is 5.73 Å². The second-order valence-electron chi connectivity index (χ2n) is 6.27. The molecule has 5 rings (SSSR count). The first kappa shape index (κ1) is 9.08. The van der Waals surface area contributed by atoms with Crippen LogP contribution in [-0.4, -0.2) is 4.98 Å². The van der Waals surface area contributed by atoms with Crippen LogP contribution in [0, 0.1) is 17.8 Å². The third-order valence-electron chi connectivity index (χ3n) is 5.10. The fourth-order valence-electron chi connectivity index (χ4n) is 4.96. The van der Waals surface area contributed by atoms with Crippen LogP contribution in [0.2, 0.25) is 0 Å². The molecule has 4 aliphatic rings. The predicted molar refractivity (Wildman–Crippen MR) is 60.8 cm³/mol. The van der Waals surface area contributed by atoms with Crippen molar-refractivity contribution in [1.82, 2.24) is 4.98 Å². The Kier molecular flexibility index (Phi) is 1.60.